The van der Waals surface area contributed by atoms with Crippen LogP contribution in [0.2, 0.25) is 5.02 Å². The minimum absolute atomic E-state index is 0.156. The fourth-order valence-corrected chi connectivity index (χ4v) is 3.76. The zero-order valence-electron chi connectivity index (χ0n) is 10.9. The molecule has 1 aromatic rings. The van der Waals surface area contributed by atoms with Crippen LogP contribution in [0.3, 0.4) is 0 Å². The summed E-state index contributed by atoms with van der Waals surface area (Å²) in [5, 5.41) is 3.41. The van der Waals surface area contributed by atoms with Crippen LogP contribution in [0.4, 0.5) is 0 Å². The lowest BCUT2D eigenvalue weighted by molar-refractivity contribution is -0.124. The second kappa shape index (κ2) is 5.05. The fourth-order valence-electron chi connectivity index (χ4n) is 3.64. The van der Waals surface area contributed by atoms with E-state index in [1.54, 1.807) is 12.1 Å². The van der Waals surface area contributed by atoms with E-state index < -0.39 is 0 Å². The number of fused-ring (bicyclic) bond motifs is 2. The Bertz CT molecular complexity index is 546. The zero-order chi connectivity index (χ0) is 14.3. The Kier molecular flexibility index (Phi) is 3.38. The van der Waals surface area contributed by atoms with Crippen LogP contribution in [0.1, 0.15) is 29.8 Å². The van der Waals surface area contributed by atoms with Gasteiger partial charge in [0.1, 0.15) is 5.69 Å². The van der Waals surface area contributed by atoms with E-state index in [1.165, 1.54) is 6.20 Å². The summed E-state index contributed by atoms with van der Waals surface area (Å²) in [6.45, 7) is 0. The highest BCUT2D eigenvalue weighted by Gasteiger charge is 2.50. The summed E-state index contributed by atoms with van der Waals surface area (Å²) in [6, 6.07) is 3.04. The van der Waals surface area contributed by atoms with Crippen molar-refractivity contribution in [2.75, 3.05) is 0 Å². The van der Waals surface area contributed by atoms with Crippen molar-refractivity contribution in [3.63, 3.8) is 0 Å². The number of hydrogen-bond donors (Lipinski definition) is 2. The Morgan fingerprint density at radius 1 is 1.30 bits per heavy atom. The molecule has 2 aliphatic rings. The maximum atomic E-state index is 12.2. The molecule has 0 radical (unpaired) electrons. The van der Waals surface area contributed by atoms with Crippen LogP contribution < -0.4 is 11.1 Å². The van der Waals surface area contributed by atoms with Crippen molar-refractivity contribution < 1.29 is 9.59 Å². The van der Waals surface area contributed by atoms with Gasteiger partial charge in [-0.15, -0.1) is 0 Å². The van der Waals surface area contributed by atoms with E-state index in [0.29, 0.717) is 22.6 Å². The van der Waals surface area contributed by atoms with Gasteiger partial charge in [0, 0.05) is 12.2 Å². The minimum atomic E-state index is -0.313. The third kappa shape index (κ3) is 2.26. The molecule has 2 amide bonds. The SMILES string of the molecule is NC(=O)[C@H]1[C@H]2CC[C@@H](C2)[C@@H]1NC(=O)c1ccc(Cl)cn1. The van der Waals surface area contributed by atoms with E-state index >= 15 is 0 Å². The first kappa shape index (κ1) is 13.4. The van der Waals surface area contributed by atoms with Crippen LogP contribution in [0.5, 0.6) is 0 Å². The molecule has 1 heterocycles. The number of nitrogens with one attached hydrogen (secondary N) is 1. The van der Waals surface area contributed by atoms with Crippen LogP contribution >= 0.6 is 11.6 Å². The molecule has 3 N–H and O–H groups in total. The summed E-state index contributed by atoms with van der Waals surface area (Å²) in [5.74, 6) is -0.156. The van der Waals surface area contributed by atoms with E-state index in [2.05, 4.69) is 10.3 Å². The van der Waals surface area contributed by atoms with Gasteiger partial charge in [-0.1, -0.05) is 11.6 Å². The molecule has 0 unspecified atom stereocenters. The van der Waals surface area contributed by atoms with Gasteiger partial charge >= 0.3 is 0 Å². The summed E-state index contributed by atoms with van der Waals surface area (Å²) in [7, 11) is 0. The Labute approximate surface area is 121 Å². The van der Waals surface area contributed by atoms with Gasteiger partial charge in [-0.25, -0.2) is 4.98 Å². The van der Waals surface area contributed by atoms with E-state index in [9.17, 15) is 9.59 Å². The summed E-state index contributed by atoms with van der Waals surface area (Å²) in [5.41, 5.74) is 5.79. The van der Waals surface area contributed by atoms with Gasteiger partial charge in [-0.2, -0.15) is 0 Å². The molecule has 0 aromatic carbocycles. The van der Waals surface area contributed by atoms with Gasteiger partial charge in [0.2, 0.25) is 5.91 Å². The molecule has 20 heavy (non-hydrogen) atoms. The van der Waals surface area contributed by atoms with Gasteiger partial charge in [-0.05, 0) is 43.2 Å². The zero-order valence-corrected chi connectivity index (χ0v) is 11.6. The smallest absolute Gasteiger partial charge is 0.270 e. The molecule has 2 fully saturated rings. The Hall–Kier alpha value is -1.62. The highest BCUT2D eigenvalue weighted by Crippen LogP contribution is 2.48. The number of halogens is 1. The molecule has 2 saturated carbocycles. The Morgan fingerprint density at radius 3 is 2.70 bits per heavy atom. The number of primary amides is 1. The molecule has 6 heteroatoms. The van der Waals surface area contributed by atoms with Crippen molar-refractivity contribution in [1.82, 2.24) is 10.3 Å². The number of carbonyl (C=O) groups excluding carboxylic acids is 2. The number of amides is 2. The molecule has 4 atom stereocenters. The van der Waals surface area contributed by atoms with Gasteiger partial charge < -0.3 is 11.1 Å². The maximum absolute atomic E-state index is 12.2. The number of rotatable bonds is 3. The van der Waals surface area contributed by atoms with Crippen LogP contribution in [0.15, 0.2) is 18.3 Å². The van der Waals surface area contributed by atoms with E-state index in [4.69, 9.17) is 17.3 Å². The highest BCUT2D eigenvalue weighted by molar-refractivity contribution is 6.30. The van der Waals surface area contributed by atoms with Crippen LogP contribution in [0.25, 0.3) is 0 Å². The van der Waals surface area contributed by atoms with Crippen LogP contribution in [0, 0.1) is 17.8 Å². The van der Waals surface area contributed by atoms with Crippen LogP contribution in [-0.2, 0) is 4.79 Å². The number of nitrogens with two attached hydrogens (primary N) is 1. The average Bonchev–Trinajstić information content (AvgIpc) is 3.00. The monoisotopic (exact) mass is 293 g/mol. The third-order valence-corrected chi connectivity index (χ3v) is 4.73. The van der Waals surface area contributed by atoms with E-state index in [-0.39, 0.29) is 23.8 Å². The predicted molar refractivity (Wildman–Crippen MR) is 74.0 cm³/mol. The lowest BCUT2D eigenvalue weighted by atomic mass is 9.84. The quantitative estimate of drug-likeness (QED) is 0.882. The number of nitrogens with zero attached hydrogens (tertiary/aromatic N) is 1. The fraction of sp³-hybridized carbons (Fsp3) is 0.500. The molecule has 3 rings (SSSR count). The van der Waals surface area contributed by atoms with Gasteiger partial charge in [0.25, 0.3) is 5.91 Å². The average molecular weight is 294 g/mol. The number of carbonyl (C=O) groups is 2. The summed E-state index contributed by atoms with van der Waals surface area (Å²) >= 11 is 5.75. The Morgan fingerprint density at radius 2 is 2.05 bits per heavy atom. The largest absolute Gasteiger partial charge is 0.369 e. The van der Waals surface area contributed by atoms with Gasteiger partial charge in [-0.3, -0.25) is 9.59 Å². The van der Waals surface area contributed by atoms with Crippen molar-refractivity contribution in [3.8, 4) is 0 Å². The number of aromatic nitrogens is 1. The van der Waals surface area contributed by atoms with Crippen molar-refractivity contribution in [1.29, 1.82) is 0 Å². The molecule has 0 spiro atoms. The third-order valence-electron chi connectivity index (χ3n) is 4.50. The predicted octanol–water partition coefficient (Wildman–Crippen LogP) is 1.36. The van der Waals surface area contributed by atoms with E-state index in [1.807, 2.05) is 0 Å². The first-order chi connectivity index (χ1) is 9.56. The minimum Gasteiger partial charge on any atom is -0.369 e. The first-order valence-electron chi connectivity index (χ1n) is 6.78. The molecule has 0 aliphatic heterocycles. The maximum Gasteiger partial charge on any atom is 0.270 e. The molecule has 1 aromatic heterocycles. The molecule has 5 nitrogen and oxygen atoms in total. The van der Waals surface area contributed by atoms with Crippen molar-refractivity contribution in [2.45, 2.75) is 25.3 Å². The van der Waals surface area contributed by atoms with Crippen molar-refractivity contribution >= 4 is 23.4 Å². The van der Waals surface area contributed by atoms with Crippen LogP contribution in [-0.4, -0.2) is 22.8 Å². The molecular formula is C14H16ClN3O2. The molecular weight excluding hydrogens is 278 g/mol. The van der Waals surface area contributed by atoms with E-state index in [0.717, 1.165) is 19.3 Å². The Balaban J connectivity index is 1.75. The molecule has 0 saturated heterocycles. The van der Waals surface area contributed by atoms with Gasteiger partial charge in [0.15, 0.2) is 0 Å². The van der Waals surface area contributed by atoms with Crippen molar-refractivity contribution in [2.24, 2.45) is 23.5 Å². The summed E-state index contributed by atoms with van der Waals surface area (Å²) in [6.07, 6.45) is 4.49. The normalized spacial score (nSPS) is 31.2. The van der Waals surface area contributed by atoms with Gasteiger partial charge in [0.05, 0.1) is 10.9 Å². The summed E-state index contributed by atoms with van der Waals surface area (Å²) in [4.78, 5) is 27.8. The lowest BCUT2D eigenvalue weighted by Gasteiger charge is -2.29. The number of hydrogen-bond acceptors (Lipinski definition) is 3. The summed E-state index contributed by atoms with van der Waals surface area (Å²) < 4.78 is 0. The topological polar surface area (TPSA) is 85.1 Å². The first-order valence-corrected chi connectivity index (χ1v) is 7.16. The molecule has 2 bridgehead atoms. The highest BCUT2D eigenvalue weighted by atomic mass is 35.5. The standard InChI is InChI=1S/C14H16ClN3O2/c15-9-3-4-10(17-6-9)14(20)18-12-8-2-1-7(5-8)11(12)13(16)19/h3-4,6-8,11-12H,1-2,5H2,(H2,16,19)(H,18,20)/t7-,8-,11-,12-/m0/s1. The lowest BCUT2D eigenvalue weighted by Crippen LogP contribution is -2.48. The second-order valence-corrected chi connectivity index (χ2v) is 6.06. The number of pyridine rings is 1. The molecule has 2 aliphatic carbocycles. The second-order valence-electron chi connectivity index (χ2n) is 5.62. The molecule has 106 valence electrons. The van der Waals surface area contributed by atoms with Crippen molar-refractivity contribution in [3.05, 3.63) is 29.0 Å².